The summed E-state index contributed by atoms with van der Waals surface area (Å²) in [5.74, 6) is -1.16. The summed E-state index contributed by atoms with van der Waals surface area (Å²) >= 11 is 0. The number of carboxylic acid groups (broad SMARTS) is 1. The minimum atomic E-state index is -4.20. The molecular weight excluding hydrogens is 274 g/mol. The Kier molecular flexibility index (Phi) is 3.40. The number of carboxylic acids is 1. The van der Waals surface area contributed by atoms with Gasteiger partial charge in [0, 0.05) is 0 Å². The van der Waals surface area contributed by atoms with Gasteiger partial charge in [0.1, 0.15) is 5.69 Å². The summed E-state index contributed by atoms with van der Waals surface area (Å²) in [5, 5.41) is 12.8. The average molecular weight is 289 g/mol. The average Bonchev–Trinajstić information content (AvgIpc) is 2.86. The number of hydrogen-bond donors (Lipinski definition) is 1. The van der Waals surface area contributed by atoms with E-state index in [-0.39, 0.29) is 29.2 Å². The van der Waals surface area contributed by atoms with E-state index in [0.29, 0.717) is 12.8 Å². The lowest BCUT2D eigenvalue weighted by molar-refractivity contribution is -0.154. The Labute approximate surface area is 110 Å². The molecule has 1 aromatic heterocycles. The van der Waals surface area contributed by atoms with Crippen molar-refractivity contribution in [3.63, 3.8) is 0 Å². The summed E-state index contributed by atoms with van der Waals surface area (Å²) in [5.41, 5.74) is -1.49. The predicted octanol–water partition coefficient (Wildman–Crippen LogP) is 1.39. The van der Waals surface area contributed by atoms with Gasteiger partial charge in [0.15, 0.2) is 16.3 Å². The Morgan fingerprint density at radius 1 is 1.37 bits per heavy atom. The number of rotatable bonds is 4. The molecule has 7 nitrogen and oxygen atoms in total. The number of hydrogen-bond acceptors (Lipinski definition) is 6. The van der Waals surface area contributed by atoms with Gasteiger partial charge in [-0.05, 0) is 39.5 Å². The van der Waals surface area contributed by atoms with Crippen molar-refractivity contribution in [2.45, 2.75) is 50.0 Å². The molecule has 1 aliphatic rings. The van der Waals surface area contributed by atoms with Gasteiger partial charge in [-0.2, -0.15) is 8.42 Å². The van der Waals surface area contributed by atoms with Gasteiger partial charge in [-0.25, -0.2) is 8.98 Å². The number of nitrogens with zero attached hydrogens (tertiary/aromatic N) is 1. The van der Waals surface area contributed by atoms with E-state index < -0.39 is 21.7 Å². The molecule has 8 heteroatoms. The van der Waals surface area contributed by atoms with Crippen LogP contribution >= 0.6 is 0 Å². The first-order valence-corrected chi connectivity index (χ1v) is 7.31. The zero-order valence-electron chi connectivity index (χ0n) is 10.7. The third kappa shape index (κ3) is 2.37. The maximum absolute atomic E-state index is 12.2. The highest BCUT2D eigenvalue weighted by atomic mass is 32.2. The van der Waals surface area contributed by atoms with Crippen molar-refractivity contribution in [2.24, 2.45) is 0 Å². The molecule has 0 atom stereocenters. The molecular formula is C11H15NO6S. The van der Waals surface area contributed by atoms with E-state index in [1.807, 2.05) is 0 Å². The van der Waals surface area contributed by atoms with Crippen molar-refractivity contribution in [2.75, 3.05) is 0 Å². The number of aryl methyl sites for hydroxylation is 2. The van der Waals surface area contributed by atoms with Crippen LogP contribution in [-0.2, 0) is 19.1 Å². The highest BCUT2D eigenvalue weighted by Crippen LogP contribution is 2.37. The van der Waals surface area contributed by atoms with Crippen LogP contribution in [0.4, 0.5) is 0 Å². The Morgan fingerprint density at radius 2 is 1.95 bits per heavy atom. The summed E-state index contributed by atoms with van der Waals surface area (Å²) in [6.45, 7) is 2.91. The van der Waals surface area contributed by atoms with Crippen molar-refractivity contribution in [3.05, 3.63) is 11.5 Å². The summed E-state index contributed by atoms with van der Waals surface area (Å²) < 4.78 is 34.2. The summed E-state index contributed by atoms with van der Waals surface area (Å²) in [7, 11) is -4.20. The van der Waals surface area contributed by atoms with Crippen LogP contribution in [0.5, 0.6) is 0 Å². The molecule has 1 fully saturated rings. The summed E-state index contributed by atoms with van der Waals surface area (Å²) in [6.07, 6.45) is 1.63. The maximum atomic E-state index is 12.2. The van der Waals surface area contributed by atoms with Crippen LogP contribution in [0.2, 0.25) is 0 Å². The zero-order chi connectivity index (χ0) is 14.3. The lowest BCUT2D eigenvalue weighted by atomic mass is 10.0. The van der Waals surface area contributed by atoms with Crippen LogP contribution in [0.25, 0.3) is 0 Å². The summed E-state index contributed by atoms with van der Waals surface area (Å²) in [4.78, 5) is 11.1. The largest absolute Gasteiger partial charge is 0.479 e. The van der Waals surface area contributed by atoms with Crippen molar-refractivity contribution >= 4 is 16.1 Å². The van der Waals surface area contributed by atoms with E-state index >= 15 is 0 Å². The van der Waals surface area contributed by atoms with Gasteiger partial charge >= 0.3 is 16.1 Å². The van der Waals surface area contributed by atoms with Crippen LogP contribution in [0.1, 0.15) is 37.1 Å². The number of aromatic nitrogens is 1. The molecule has 0 saturated heterocycles. The summed E-state index contributed by atoms with van der Waals surface area (Å²) in [6, 6.07) is 0. The highest BCUT2D eigenvalue weighted by Gasteiger charge is 2.47. The molecule has 0 bridgehead atoms. The van der Waals surface area contributed by atoms with Crippen molar-refractivity contribution in [1.82, 2.24) is 5.16 Å². The van der Waals surface area contributed by atoms with Crippen LogP contribution in [-0.4, -0.2) is 30.3 Å². The van der Waals surface area contributed by atoms with Crippen molar-refractivity contribution in [3.8, 4) is 0 Å². The molecule has 1 aromatic rings. The van der Waals surface area contributed by atoms with Crippen molar-refractivity contribution in [1.29, 1.82) is 0 Å². The van der Waals surface area contributed by atoms with E-state index in [9.17, 15) is 18.3 Å². The monoisotopic (exact) mass is 289 g/mol. The zero-order valence-corrected chi connectivity index (χ0v) is 11.5. The molecule has 0 radical (unpaired) electrons. The third-order valence-corrected chi connectivity index (χ3v) is 4.91. The molecule has 19 heavy (non-hydrogen) atoms. The second-order valence-electron chi connectivity index (χ2n) is 4.70. The number of carbonyl (C=O) groups is 1. The minimum Gasteiger partial charge on any atom is -0.479 e. The molecule has 0 amide bonds. The first-order valence-electron chi connectivity index (χ1n) is 5.90. The molecule has 0 aromatic carbocycles. The molecule has 106 valence electrons. The van der Waals surface area contributed by atoms with Crippen LogP contribution < -0.4 is 0 Å². The van der Waals surface area contributed by atoms with Gasteiger partial charge in [-0.15, -0.1) is 0 Å². The highest BCUT2D eigenvalue weighted by molar-refractivity contribution is 7.87. The first kappa shape index (κ1) is 14.0. The molecule has 0 aliphatic heterocycles. The lowest BCUT2D eigenvalue weighted by Crippen LogP contribution is -2.40. The van der Waals surface area contributed by atoms with E-state index in [1.54, 1.807) is 0 Å². The second kappa shape index (κ2) is 4.61. The Hall–Kier alpha value is -1.41. The Balaban J connectivity index is 2.39. The van der Waals surface area contributed by atoms with Gasteiger partial charge in [-0.1, -0.05) is 5.16 Å². The fraction of sp³-hybridized carbons (Fsp3) is 0.636. The number of aliphatic carboxylic acids is 1. The SMILES string of the molecule is Cc1noc(C)c1S(=O)(=O)OC1(C(=O)O)CCCC1. The fourth-order valence-electron chi connectivity index (χ4n) is 2.36. The predicted molar refractivity (Wildman–Crippen MR) is 63.1 cm³/mol. The molecule has 1 saturated carbocycles. The second-order valence-corrected chi connectivity index (χ2v) is 6.18. The standard InChI is InChI=1S/C11H15NO6S/c1-7-9(8(2)17-12-7)19(15,16)18-11(10(13)14)5-3-4-6-11/h3-6H2,1-2H3,(H,13,14). The van der Waals surface area contributed by atoms with Gasteiger partial charge in [-0.3, -0.25) is 0 Å². The lowest BCUT2D eigenvalue weighted by Gasteiger charge is -2.23. The molecule has 0 spiro atoms. The Bertz CT molecular complexity index is 577. The van der Waals surface area contributed by atoms with E-state index in [2.05, 4.69) is 5.16 Å². The van der Waals surface area contributed by atoms with E-state index in [1.165, 1.54) is 13.8 Å². The van der Waals surface area contributed by atoms with Crippen molar-refractivity contribution < 1.29 is 27.0 Å². The van der Waals surface area contributed by atoms with E-state index in [0.717, 1.165) is 0 Å². The van der Waals surface area contributed by atoms with Crippen LogP contribution in [0.3, 0.4) is 0 Å². The Morgan fingerprint density at radius 3 is 2.37 bits per heavy atom. The van der Waals surface area contributed by atoms with Gasteiger partial charge in [0.05, 0.1) is 0 Å². The van der Waals surface area contributed by atoms with Crippen LogP contribution in [0.15, 0.2) is 9.42 Å². The first-order chi connectivity index (χ1) is 8.78. The quantitative estimate of drug-likeness (QED) is 0.834. The molecule has 2 rings (SSSR count). The minimum absolute atomic E-state index is 0.0936. The maximum Gasteiger partial charge on any atom is 0.337 e. The van der Waals surface area contributed by atoms with E-state index in [4.69, 9.17) is 8.71 Å². The topological polar surface area (TPSA) is 107 Å². The molecule has 0 unspecified atom stereocenters. The van der Waals surface area contributed by atoms with Gasteiger partial charge < -0.3 is 9.63 Å². The third-order valence-electron chi connectivity index (χ3n) is 3.29. The molecule has 1 aliphatic carbocycles. The molecule has 1 heterocycles. The smallest absolute Gasteiger partial charge is 0.337 e. The van der Waals surface area contributed by atoms with Gasteiger partial charge in [0.2, 0.25) is 0 Å². The normalized spacial score (nSPS) is 18.6. The van der Waals surface area contributed by atoms with Gasteiger partial charge in [0.25, 0.3) is 0 Å². The molecule has 1 N–H and O–H groups in total. The van der Waals surface area contributed by atoms with Crippen LogP contribution in [0, 0.1) is 13.8 Å². The fourth-order valence-corrected chi connectivity index (χ4v) is 3.89.